The Kier molecular flexibility index (Phi) is 5.24. The van der Waals surface area contributed by atoms with Gasteiger partial charge in [-0.3, -0.25) is 0 Å². The lowest BCUT2D eigenvalue weighted by molar-refractivity contribution is 0.322. The van der Waals surface area contributed by atoms with Crippen LogP contribution in [0.15, 0.2) is 53.4 Å². The molecule has 0 fully saturated rings. The van der Waals surface area contributed by atoms with Crippen LogP contribution in [0, 0.1) is 0 Å². The van der Waals surface area contributed by atoms with E-state index < -0.39 is 10.0 Å². The SMILES string of the molecule is COc1ccc(OCCNS(=O)(=O)c2ccc(N)cc2)cc1. The lowest BCUT2D eigenvalue weighted by Gasteiger charge is -2.09. The minimum Gasteiger partial charge on any atom is -0.497 e. The van der Waals surface area contributed by atoms with Crippen LogP contribution >= 0.6 is 0 Å². The summed E-state index contributed by atoms with van der Waals surface area (Å²) in [4.78, 5) is 0.172. The highest BCUT2D eigenvalue weighted by Gasteiger charge is 2.12. The highest BCUT2D eigenvalue weighted by Crippen LogP contribution is 2.16. The molecule has 0 aromatic heterocycles. The molecule has 2 aromatic rings. The number of benzene rings is 2. The molecular formula is C15H18N2O4S. The van der Waals surface area contributed by atoms with Crippen molar-refractivity contribution in [2.45, 2.75) is 4.90 Å². The standard InChI is InChI=1S/C15H18N2O4S/c1-20-13-4-6-14(7-5-13)21-11-10-17-22(18,19)15-8-2-12(16)3-9-15/h2-9,17H,10-11,16H2,1H3. The number of anilines is 1. The van der Waals surface area contributed by atoms with Gasteiger partial charge in [0.1, 0.15) is 18.1 Å². The molecule has 3 N–H and O–H groups in total. The van der Waals surface area contributed by atoms with E-state index in [-0.39, 0.29) is 18.0 Å². The van der Waals surface area contributed by atoms with Gasteiger partial charge >= 0.3 is 0 Å². The molecule has 0 saturated carbocycles. The Hall–Kier alpha value is -2.25. The van der Waals surface area contributed by atoms with Crippen LogP contribution in [0.2, 0.25) is 0 Å². The molecule has 0 aliphatic rings. The molecule has 22 heavy (non-hydrogen) atoms. The Morgan fingerprint density at radius 1 is 1.00 bits per heavy atom. The number of methoxy groups -OCH3 is 1. The predicted molar refractivity (Wildman–Crippen MR) is 84.5 cm³/mol. The fourth-order valence-electron chi connectivity index (χ4n) is 1.75. The topological polar surface area (TPSA) is 90.6 Å². The second-order valence-corrected chi connectivity index (χ2v) is 6.26. The van der Waals surface area contributed by atoms with Gasteiger partial charge in [-0.2, -0.15) is 0 Å². The smallest absolute Gasteiger partial charge is 0.240 e. The minimum absolute atomic E-state index is 0.165. The van der Waals surface area contributed by atoms with Crippen molar-refractivity contribution in [1.29, 1.82) is 0 Å². The van der Waals surface area contributed by atoms with E-state index in [0.29, 0.717) is 11.4 Å². The Bertz CT molecular complexity index is 697. The van der Waals surface area contributed by atoms with E-state index in [4.69, 9.17) is 15.2 Å². The highest BCUT2D eigenvalue weighted by atomic mass is 32.2. The summed E-state index contributed by atoms with van der Waals surface area (Å²) in [6.45, 7) is 0.388. The number of nitrogens with two attached hydrogens (primary N) is 1. The fourth-order valence-corrected chi connectivity index (χ4v) is 2.76. The summed E-state index contributed by atoms with van der Waals surface area (Å²) < 4.78 is 37.0. The molecular weight excluding hydrogens is 304 g/mol. The van der Waals surface area contributed by atoms with Crippen LogP contribution in [0.3, 0.4) is 0 Å². The third-order valence-corrected chi connectivity index (χ3v) is 4.39. The first kappa shape index (κ1) is 16.1. The fraction of sp³-hybridized carbons (Fsp3) is 0.200. The van der Waals surface area contributed by atoms with E-state index >= 15 is 0 Å². The van der Waals surface area contributed by atoms with Gasteiger partial charge in [0, 0.05) is 12.2 Å². The molecule has 0 heterocycles. The molecule has 0 spiro atoms. The molecule has 0 radical (unpaired) electrons. The van der Waals surface area contributed by atoms with Gasteiger partial charge in [0.2, 0.25) is 10.0 Å². The Labute approximate surface area is 129 Å². The van der Waals surface area contributed by atoms with Crippen molar-refractivity contribution in [2.24, 2.45) is 0 Å². The van der Waals surface area contributed by atoms with E-state index in [1.165, 1.54) is 12.1 Å². The first-order valence-corrected chi connectivity index (χ1v) is 8.11. The Morgan fingerprint density at radius 2 is 1.59 bits per heavy atom. The summed E-state index contributed by atoms with van der Waals surface area (Å²) in [5, 5.41) is 0. The summed E-state index contributed by atoms with van der Waals surface area (Å²) >= 11 is 0. The average Bonchev–Trinajstić information content (AvgIpc) is 2.52. The van der Waals surface area contributed by atoms with E-state index in [9.17, 15) is 8.42 Å². The van der Waals surface area contributed by atoms with Crippen molar-refractivity contribution in [3.8, 4) is 11.5 Å². The van der Waals surface area contributed by atoms with Gasteiger partial charge in [-0.05, 0) is 48.5 Å². The number of ether oxygens (including phenoxy) is 2. The van der Waals surface area contributed by atoms with Crippen LogP contribution in [0.4, 0.5) is 5.69 Å². The van der Waals surface area contributed by atoms with Crippen molar-refractivity contribution in [2.75, 3.05) is 26.0 Å². The highest BCUT2D eigenvalue weighted by molar-refractivity contribution is 7.89. The quantitative estimate of drug-likeness (QED) is 0.597. The molecule has 118 valence electrons. The van der Waals surface area contributed by atoms with Crippen LogP contribution in [0.1, 0.15) is 0 Å². The van der Waals surface area contributed by atoms with Gasteiger partial charge in [0.25, 0.3) is 0 Å². The van der Waals surface area contributed by atoms with Gasteiger partial charge in [0.15, 0.2) is 0 Å². The van der Waals surface area contributed by atoms with Crippen molar-refractivity contribution >= 4 is 15.7 Å². The first-order chi connectivity index (χ1) is 10.5. The molecule has 0 saturated heterocycles. The van der Waals surface area contributed by atoms with E-state index in [2.05, 4.69) is 4.72 Å². The molecule has 2 rings (SSSR count). The number of sulfonamides is 1. The maximum Gasteiger partial charge on any atom is 0.240 e. The van der Waals surface area contributed by atoms with Crippen molar-refractivity contribution in [3.05, 3.63) is 48.5 Å². The molecule has 2 aromatic carbocycles. The Morgan fingerprint density at radius 3 is 2.18 bits per heavy atom. The molecule has 0 amide bonds. The number of rotatable bonds is 7. The number of hydrogen-bond acceptors (Lipinski definition) is 5. The molecule has 0 atom stereocenters. The molecule has 0 aliphatic carbocycles. The zero-order chi connectivity index (χ0) is 16.0. The van der Waals surface area contributed by atoms with Crippen LogP contribution in [0.5, 0.6) is 11.5 Å². The van der Waals surface area contributed by atoms with E-state index in [1.807, 2.05) is 0 Å². The van der Waals surface area contributed by atoms with Crippen molar-refractivity contribution in [3.63, 3.8) is 0 Å². The molecule has 0 bridgehead atoms. The maximum absolute atomic E-state index is 12.0. The van der Waals surface area contributed by atoms with Gasteiger partial charge in [-0.25, -0.2) is 13.1 Å². The number of hydrogen-bond donors (Lipinski definition) is 2. The van der Waals surface area contributed by atoms with Crippen molar-refractivity contribution < 1.29 is 17.9 Å². The summed E-state index contributed by atoms with van der Waals surface area (Å²) in [7, 11) is -1.96. The number of nitrogens with one attached hydrogen (secondary N) is 1. The van der Waals surface area contributed by atoms with Crippen LogP contribution in [-0.2, 0) is 10.0 Å². The molecule has 0 aliphatic heterocycles. The predicted octanol–water partition coefficient (Wildman–Crippen LogP) is 1.63. The van der Waals surface area contributed by atoms with Crippen LogP contribution in [0.25, 0.3) is 0 Å². The van der Waals surface area contributed by atoms with Gasteiger partial charge in [-0.15, -0.1) is 0 Å². The monoisotopic (exact) mass is 322 g/mol. The van der Waals surface area contributed by atoms with E-state index in [1.54, 1.807) is 43.5 Å². The molecule has 6 nitrogen and oxygen atoms in total. The second-order valence-electron chi connectivity index (χ2n) is 4.49. The summed E-state index contributed by atoms with van der Waals surface area (Å²) in [6.07, 6.45) is 0. The Balaban J connectivity index is 1.83. The normalized spacial score (nSPS) is 11.1. The van der Waals surface area contributed by atoms with Gasteiger partial charge < -0.3 is 15.2 Å². The minimum atomic E-state index is -3.55. The van der Waals surface area contributed by atoms with Crippen LogP contribution in [-0.4, -0.2) is 28.7 Å². The van der Waals surface area contributed by atoms with E-state index in [0.717, 1.165) is 5.75 Å². The lowest BCUT2D eigenvalue weighted by Crippen LogP contribution is -2.28. The maximum atomic E-state index is 12.0. The zero-order valence-corrected chi connectivity index (χ0v) is 13.0. The summed E-state index contributed by atoms with van der Waals surface area (Å²) in [5.74, 6) is 1.38. The van der Waals surface area contributed by atoms with Gasteiger partial charge in [-0.1, -0.05) is 0 Å². The summed E-state index contributed by atoms with van der Waals surface area (Å²) in [6, 6.07) is 13.1. The van der Waals surface area contributed by atoms with Crippen molar-refractivity contribution in [1.82, 2.24) is 4.72 Å². The van der Waals surface area contributed by atoms with Gasteiger partial charge in [0.05, 0.1) is 12.0 Å². The lowest BCUT2D eigenvalue weighted by atomic mass is 10.3. The first-order valence-electron chi connectivity index (χ1n) is 6.63. The van der Waals surface area contributed by atoms with Crippen LogP contribution < -0.4 is 19.9 Å². The average molecular weight is 322 g/mol. The third-order valence-electron chi connectivity index (χ3n) is 2.91. The number of nitrogen functional groups attached to an aromatic ring is 1. The zero-order valence-electron chi connectivity index (χ0n) is 12.2. The summed E-state index contributed by atoms with van der Waals surface area (Å²) in [5.41, 5.74) is 6.05. The largest absolute Gasteiger partial charge is 0.497 e. The third kappa shape index (κ3) is 4.37. The molecule has 7 heteroatoms. The second kappa shape index (κ2) is 7.15. The molecule has 0 unspecified atom stereocenters.